The second-order valence-electron chi connectivity index (χ2n) is 7.12. The maximum absolute atomic E-state index is 5.88. The minimum atomic E-state index is 0.108. The molecule has 3 heteroatoms. The Morgan fingerprint density at radius 2 is 1.33 bits per heavy atom. The summed E-state index contributed by atoms with van der Waals surface area (Å²) in [5.41, 5.74) is 2.89. The number of fused-ring (bicyclic) bond motifs is 1. The molecule has 0 aliphatic carbocycles. The molecule has 3 nitrogen and oxygen atoms in total. The first-order valence-electron chi connectivity index (χ1n) is 9.77. The Balaban J connectivity index is 0.000000817. The maximum Gasteiger partial charge on any atom is 0.124 e. The van der Waals surface area contributed by atoms with Crippen LogP contribution in [0.4, 0.5) is 0 Å². The van der Waals surface area contributed by atoms with Crippen LogP contribution in [0.1, 0.15) is 48.0 Å². The van der Waals surface area contributed by atoms with Gasteiger partial charge in [-0.15, -0.1) is 0 Å². The topological polar surface area (TPSA) is 31.4 Å². The van der Waals surface area contributed by atoms with Gasteiger partial charge in [-0.05, 0) is 52.0 Å². The van der Waals surface area contributed by atoms with E-state index in [1.165, 1.54) is 6.42 Å². The fourth-order valence-electron chi connectivity index (χ4n) is 2.63. The number of ether oxygens (including phenoxy) is 2. The summed E-state index contributed by atoms with van der Waals surface area (Å²) < 4.78 is 11.8. The number of aromatic nitrogens is 1. The summed E-state index contributed by atoms with van der Waals surface area (Å²) in [7, 11) is 0. The van der Waals surface area contributed by atoms with Gasteiger partial charge in [0, 0.05) is 17.0 Å². The van der Waals surface area contributed by atoms with Crippen molar-refractivity contribution in [2.24, 2.45) is 0 Å². The van der Waals surface area contributed by atoms with Crippen LogP contribution in [-0.2, 0) is 0 Å². The van der Waals surface area contributed by atoms with Crippen LogP contribution in [0, 0.1) is 0 Å². The van der Waals surface area contributed by atoms with E-state index in [9.17, 15) is 0 Å². The van der Waals surface area contributed by atoms with Gasteiger partial charge < -0.3 is 9.47 Å². The molecule has 0 N–H and O–H groups in total. The molecule has 144 valence electrons. The number of nitrogens with zero attached hydrogens (tertiary/aromatic N) is 1. The highest BCUT2D eigenvalue weighted by Gasteiger charge is 2.09. The summed E-state index contributed by atoms with van der Waals surface area (Å²) in [6.45, 7) is 12.3. The van der Waals surface area contributed by atoms with Crippen LogP contribution in [0.5, 0.6) is 11.5 Å². The normalized spacial score (nSPS) is 10.7. The highest BCUT2D eigenvalue weighted by Crippen LogP contribution is 2.31. The van der Waals surface area contributed by atoms with Crippen molar-refractivity contribution in [1.29, 1.82) is 0 Å². The monoisotopic (exact) mass is 365 g/mol. The number of rotatable bonds is 5. The van der Waals surface area contributed by atoms with E-state index in [2.05, 4.69) is 26.0 Å². The average molecular weight is 366 g/mol. The Kier molecular flexibility index (Phi) is 7.66. The van der Waals surface area contributed by atoms with Crippen molar-refractivity contribution < 1.29 is 9.47 Å². The van der Waals surface area contributed by atoms with Gasteiger partial charge in [0.05, 0.1) is 23.4 Å². The van der Waals surface area contributed by atoms with E-state index in [1.807, 2.05) is 70.2 Å². The molecule has 0 radical (unpaired) electrons. The van der Waals surface area contributed by atoms with Crippen LogP contribution >= 0.6 is 0 Å². The second-order valence-corrected chi connectivity index (χ2v) is 7.12. The van der Waals surface area contributed by atoms with Gasteiger partial charge in [-0.2, -0.15) is 0 Å². The zero-order valence-corrected chi connectivity index (χ0v) is 17.3. The molecule has 0 aliphatic heterocycles. The van der Waals surface area contributed by atoms with E-state index >= 15 is 0 Å². The van der Waals surface area contributed by atoms with E-state index < -0.39 is 0 Å². The molecule has 2 aromatic carbocycles. The van der Waals surface area contributed by atoms with Crippen LogP contribution in [-0.4, -0.2) is 17.2 Å². The van der Waals surface area contributed by atoms with Crippen molar-refractivity contribution in [2.75, 3.05) is 0 Å². The number of hydrogen-bond donors (Lipinski definition) is 0. The lowest BCUT2D eigenvalue weighted by molar-refractivity contribution is 0.229. The third kappa shape index (κ3) is 6.28. The van der Waals surface area contributed by atoms with Crippen molar-refractivity contribution in [3.63, 3.8) is 0 Å². The Labute approximate surface area is 163 Å². The van der Waals surface area contributed by atoms with Crippen LogP contribution in [0.3, 0.4) is 0 Å². The molecule has 0 spiro atoms. The van der Waals surface area contributed by atoms with Crippen LogP contribution in [0.25, 0.3) is 22.2 Å². The lowest BCUT2D eigenvalue weighted by Crippen LogP contribution is -2.08. The minimum absolute atomic E-state index is 0.108. The number of benzene rings is 2. The molecule has 0 saturated heterocycles. The van der Waals surface area contributed by atoms with Gasteiger partial charge in [0.25, 0.3) is 0 Å². The highest BCUT2D eigenvalue weighted by atomic mass is 16.5. The van der Waals surface area contributed by atoms with Crippen molar-refractivity contribution in [3.05, 3.63) is 54.6 Å². The quantitative estimate of drug-likeness (QED) is 0.493. The van der Waals surface area contributed by atoms with Gasteiger partial charge in [0.15, 0.2) is 0 Å². The summed E-state index contributed by atoms with van der Waals surface area (Å²) in [6, 6.07) is 18.2. The predicted molar refractivity (Wildman–Crippen MR) is 115 cm³/mol. The van der Waals surface area contributed by atoms with E-state index in [4.69, 9.17) is 14.5 Å². The molecule has 3 aromatic rings. The lowest BCUT2D eigenvalue weighted by atomic mass is 10.1. The molecule has 0 unspecified atom stereocenters. The van der Waals surface area contributed by atoms with Gasteiger partial charge in [0.2, 0.25) is 0 Å². The van der Waals surface area contributed by atoms with Crippen molar-refractivity contribution in [1.82, 2.24) is 4.98 Å². The van der Waals surface area contributed by atoms with Gasteiger partial charge in [-0.25, -0.2) is 4.98 Å². The number of para-hydroxylation sites is 1. The predicted octanol–water partition coefficient (Wildman–Crippen LogP) is 6.89. The van der Waals surface area contributed by atoms with Gasteiger partial charge in [0.1, 0.15) is 11.5 Å². The Morgan fingerprint density at radius 1 is 0.778 bits per heavy atom. The summed E-state index contributed by atoms with van der Waals surface area (Å²) in [5, 5.41) is 1.13. The van der Waals surface area contributed by atoms with Gasteiger partial charge >= 0.3 is 0 Å². The first-order chi connectivity index (χ1) is 12.9. The van der Waals surface area contributed by atoms with E-state index in [-0.39, 0.29) is 12.2 Å². The fourth-order valence-corrected chi connectivity index (χ4v) is 2.63. The Hall–Kier alpha value is -2.55. The standard InChI is InChI=1S/C21H23NO2.C3H8/c1-14(2)23-18-11-17(12-19(13-18)24-15(3)4)21-10-9-16-7-5-6-8-20(16)22-21;1-3-2/h5-15H,1-4H3;3H2,1-2H3. The van der Waals surface area contributed by atoms with E-state index in [0.717, 1.165) is 33.7 Å². The van der Waals surface area contributed by atoms with Gasteiger partial charge in [-0.1, -0.05) is 44.5 Å². The second kappa shape index (κ2) is 9.96. The molecule has 0 atom stereocenters. The smallest absolute Gasteiger partial charge is 0.124 e. The average Bonchev–Trinajstić information content (AvgIpc) is 2.60. The van der Waals surface area contributed by atoms with Gasteiger partial charge in [-0.3, -0.25) is 0 Å². The minimum Gasteiger partial charge on any atom is -0.491 e. The molecule has 0 bridgehead atoms. The molecule has 0 amide bonds. The van der Waals surface area contributed by atoms with Crippen LogP contribution < -0.4 is 9.47 Å². The third-order valence-corrected chi connectivity index (χ3v) is 3.52. The van der Waals surface area contributed by atoms with E-state index in [1.54, 1.807) is 0 Å². The summed E-state index contributed by atoms with van der Waals surface area (Å²) in [6.07, 6.45) is 1.47. The van der Waals surface area contributed by atoms with Crippen molar-refractivity contribution in [2.45, 2.75) is 60.2 Å². The molecule has 0 aliphatic rings. The third-order valence-electron chi connectivity index (χ3n) is 3.52. The SMILES string of the molecule is CC(C)Oc1cc(OC(C)C)cc(-c2ccc3ccccc3n2)c1.CCC. The molecular weight excluding hydrogens is 334 g/mol. The largest absolute Gasteiger partial charge is 0.491 e. The molecule has 1 heterocycles. The van der Waals surface area contributed by atoms with Crippen LogP contribution in [0.2, 0.25) is 0 Å². The zero-order chi connectivity index (χ0) is 19.8. The van der Waals surface area contributed by atoms with Crippen molar-refractivity contribution in [3.8, 4) is 22.8 Å². The summed E-state index contributed by atoms with van der Waals surface area (Å²) in [4.78, 5) is 4.77. The lowest BCUT2D eigenvalue weighted by Gasteiger charge is -2.16. The maximum atomic E-state index is 5.88. The molecule has 0 saturated carbocycles. The Bertz CT molecular complexity index is 828. The van der Waals surface area contributed by atoms with Crippen LogP contribution in [0.15, 0.2) is 54.6 Å². The summed E-state index contributed by atoms with van der Waals surface area (Å²) >= 11 is 0. The van der Waals surface area contributed by atoms with E-state index in [0.29, 0.717) is 0 Å². The Morgan fingerprint density at radius 3 is 1.89 bits per heavy atom. The number of hydrogen-bond acceptors (Lipinski definition) is 3. The highest BCUT2D eigenvalue weighted by molar-refractivity contribution is 5.81. The first-order valence-corrected chi connectivity index (χ1v) is 9.77. The zero-order valence-electron chi connectivity index (χ0n) is 17.3. The summed E-state index contributed by atoms with van der Waals surface area (Å²) in [5.74, 6) is 1.60. The molecule has 1 aromatic heterocycles. The molecule has 3 rings (SSSR count). The number of pyridine rings is 1. The van der Waals surface area contributed by atoms with Crippen molar-refractivity contribution >= 4 is 10.9 Å². The molecule has 27 heavy (non-hydrogen) atoms. The fraction of sp³-hybridized carbons (Fsp3) is 0.375. The molecule has 0 fully saturated rings. The first kappa shape index (κ1) is 20.8. The molecular formula is C24H31NO2.